The summed E-state index contributed by atoms with van der Waals surface area (Å²) < 4.78 is 5.89. The molecule has 1 aliphatic rings. The van der Waals surface area contributed by atoms with Crippen LogP contribution in [0.4, 0.5) is 0 Å². The topological polar surface area (TPSA) is 26.3 Å². The zero-order valence-electron chi connectivity index (χ0n) is 10.8. The molecule has 0 amide bonds. The maximum atomic E-state index is 12.6. The average molecular weight is 270 g/mol. The van der Waals surface area contributed by atoms with Crippen LogP contribution in [0.1, 0.15) is 29.8 Å². The highest BCUT2D eigenvalue weighted by Crippen LogP contribution is 2.37. The number of thiophene rings is 1. The molecule has 0 atom stereocenters. The molecule has 1 aliphatic heterocycles. The molecule has 0 saturated carbocycles. The van der Waals surface area contributed by atoms with E-state index in [-0.39, 0.29) is 5.78 Å². The molecular weight excluding hydrogens is 256 g/mol. The van der Waals surface area contributed by atoms with Gasteiger partial charge in [-0.3, -0.25) is 4.79 Å². The van der Waals surface area contributed by atoms with Gasteiger partial charge in [-0.05, 0) is 37.4 Å². The van der Waals surface area contributed by atoms with Gasteiger partial charge in [-0.25, -0.2) is 0 Å². The van der Waals surface area contributed by atoms with Crippen LogP contribution in [0, 0.1) is 0 Å². The van der Waals surface area contributed by atoms with E-state index in [1.807, 2.05) is 61.0 Å². The monoisotopic (exact) mass is 270 g/mol. The maximum Gasteiger partial charge on any atom is 0.194 e. The van der Waals surface area contributed by atoms with Gasteiger partial charge in [-0.15, -0.1) is 0 Å². The van der Waals surface area contributed by atoms with Gasteiger partial charge in [-0.2, -0.15) is 11.3 Å². The summed E-state index contributed by atoms with van der Waals surface area (Å²) in [5.41, 5.74) is 1.88. The van der Waals surface area contributed by atoms with Crippen molar-refractivity contribution in [2.75, 3.05) is 0 Å². The molecule has 0 unspecified atom stereocenters. The van der Waals surface area contributed by atoms with Gasteiger partial charge in [0.05, 0.1) is 0 Å². The van der Waals surface area contributed by atoms with Crippen LogP contribution >= 0.6 is 11.3 Å². The first-order valence-electron chi connectivity index (χ1n) is 6.15. The number of rotatable bonds is 2. The van der Waals surface area contributed by atoms with Gasteiger partial charge in [0, 0.05) is 22.1 Å². The van der Waals surface area contributed by atoms with Crippen LogP contribution < -0.4 is 4.74 Å². The van der Waals surface area contributed by atoms with Crippen molar-refractivity contribution in [1.82, 2.24) is 0 Å². The first kappa shape index (κ1) is 12.2. The van der Waals surface area contributed by atoms with E-state index in [4.69, 9.17) is 4.74 Å². The molecule has 96 valence electrons. The lowest BCUT2D eigenvalue weighted by Gasteiger charge is -2.30. The van der Waals surface area contributed by atoms with E-state index < -0.39 is 5.60 Å². The summed E-state index contributed by atoms with van der Waals surface area (Å²) in [4.78, 5) is 12.6. The standard InChI is InChI=1S/C16H14O2S/c1-16(2)9-13(15(17)11-7-8-19-10-11)12-5-3-4-6-14(12)18-16/h3-10H,1-2H3. The Morgan fingerprint density at radius 3 is 2.74 bits per heavy atom. The first-order chi connectivity index (χ1) is 9.07. The van der Waals surface area contributed by atoms with Crippen molar-refractivity contribution >= 4 is 22.7 Å². The number of carbonyl (C=O) groups excluding carboxylic acids is 1. The van der Waals surface area contributed by atoms with Gasteiger partial charge in [0.15, 0.2) is 5.78 Å². The molecule has 0 radical (unpaired) electrons. The SMILES string of the molecule is CC1(C)C=C(C(=O)c2ccsc2)c2ccccc2O1. The van der Waals surface area contributed by atoms with Crippen molar-refractivity contribution in [2.45, 2.75) is 19.4 Å². The number of hydrogen-bond donors (Lipinski definition) is 0. The summed E-state index contributed by atoms with van der Waals surface area (Å²) in [7, 11) is 0. The second-order valence-electron chi connectivity index (χ2n) is 5.10. The molecule has 0 saturated heterocycles. The molecule has 3 heteroatoms. The van der Waals surface area contributed by atoms with Crippen LogP contribution in [-0.4, -0.2) is 11.4 Å². The van der Waals surface area contributed by atoms with E-state index in [0.29, 0.717) is 0 Å². The summed E-state index contributed by atoms with van der Waals surface area (Å²) in [6.45, 7) is 3.92. The smallest absolute Gasteiger partial charge is 0.194 e. The third-order valence-electron chi connectivity index (χ3n) is 3.07. The highest BCUT2D eigenvalue weighted by Gasteiger charge is 2.29. The maximum absolute atomic E-state index is 12.6. The molecular formula is C16H14O2S. The van der Waals surface area contributed by atoms with Crippen molar-refractivity contribution < 1.29 is 9.53 Å². The second-order valence-corrected chi connectivity index (χ2v) is 5.88. The summed E-state index contributed by atoms with van der Waals surface area (Å²) in [6, 6.07) is 9.55. The Kier molecular flexibility index (Phi) is 2.79. The van der Waals surface area contributed by atoms with E-state index in [2.05, 4.69) is 0 Å². The van der Waals surface area contributed by atoms with Gasteiger partial charge in [0.25, 0.3) is 0 Å². The van der Waals surface area contributed by atoms with Gasteiger partial charge >= 0.3 is 0 Å². The number of ketones is 1. The molecule has 2 aromatic rings. The van der Waals surface area contributed by atoms with Crippen LogP contribution in [0.15, 0.2) is 47.2 Å². The molecule has 0 bridgehead atoms. The summed E-state index contributed by atoms with van der Waals surface area (Å²) in [5, 5.41) is 3.80. The van der Waals surface area contributed by atoms with Gasteiger partial charge in [-0.1, -0.05) is 18.2 Å². The first-order valence-corrected chi connectivity index (χ1v) is 7.09. The Hall–Kier alpha value is -1.87. The molecule has 2 heterocycles. The normalized spacial score (nSPS) is 16.2. The van der Waals surface area contributed by atoms with Crippen molar-refractivity contribution in [2.24, 2.45) is 0 Å². The third-order valence-corrected chi connectivity index (χ3v) is 3.75. The minimum absolute atomic E-state index is 0.0603. The van der Waals surface area contributed by atoms with Crippen LogP contribution in [0.2, 0.25) is 0 Å². The van der Waals surface area contributed by atoms with Gasteiger partial charge in [0.2, 0.25) is 0 Å². The van der Waals surface area contributed by atoms with Crippen LogP contribution in [0.3, 0.4) is 0 Å². The number of fused-ring (bicyclic) bond motifs is 1. The number of carbonyl (C=O) groups is 1. The predicted molar refractivity (Wildman–Crippen MR) is 77.8 cm³/mol. The Bertz CT molecular complexity index is 651. The van der Waals surface area contributed by atoms with Gasteiger partial charge < -0.3 is 4.74 Å². The van der Waals surface area contributed by atoms with E-state index in [0.717, 1.165) is 22.4 Å². The number of Topliss-reactive ketones (excluding diaryl/α,β-unsaturated/α-hetero) is 1. The summed E-state index contributed by atoms with van der Waals surface area (Å²) in [6.07, 6.45) is 1.91. The van der Waals surface area contributed by atoms with Crippen molar-refractivity contribution in [3.8, 4) is 5.75 Å². The zero-order valence-corrected chi connectivity index (χ0v) is 11.7. The molecule has 1 aromatic carbocycles. The number of allylic oxidation sites excluding steroid dienone is 1. The van der Waals surface area contributed by atoms with E-state index in [9.17, 15) is 4.79 Å². The summed E-state index contributed by atoms with van der Waals surface area (Å²) >= 11 is 1.53. The van der Waals surface area contributed by atoms with Crippen LogP contribution in [0.25, 0.3) is 5.57 Å². The lowest BCUT2D eigenvalue weighted by Crippen LogP contribution is -2.30. The minimum atomic E-state index is -0.463. The molecule has 19 heavy (non-hydrogen) atoms. The van der Waals surface area contributed by atoms with Crippen molar-refractivity contribution in [3.05, 3.63) is 58.3 Å². The van der Waals surface area contributed by atoms with Crippen LogP contribution in [0.5, 0.6) is 5.75 Å². The predicted octanol–water partition coefficient (Wildman–Crippen LogP) is 4.19. The average Bonchev–Trinajstić information content (AvgIpc) is 2.89. The Morgan fingerprint density at radius 1 is 1.21 bits per heavy atom. The van der Waals surface area contributed by atoms with Crippen LogP contribution in [-0.2, 0) is 0 Å². The Labute approximate surface area is 116 Å². The number of hydrogen-bond acceptors (Lipinski definition) is 3. The second kappa shape index (κ2) is 4.35. The molecule has 0 aliphatic carbocycles. The molecule has 2 nitrogen and oxygen atoms in total. The zero-order chi connectivity index (χ0) is 13.5. The van der Waals surface area contributed by atoms with Gasteiger partial charge in [0.1, 0.15) is 11.4 Å². The van der Waals surface area contributed by atoms with Crippen molar-refractivity contribution in [3.63, 3.8) is 0 Å². The quantitative estimate of drug-likeness (QED) is 0.765. The van der Waals surface area contributed by atoms with E-state index >= 15 is 0 Å². The fourth-order valence-electron chi connectivity index (χ4n) is 2.25. The fourth-order valence-corrected chi connectivity index (χ4v) is 2.89. The number of ether oxygens (including phenoxy) is 1. The molecule has 0 fully saturated rings. The molecule has 0 spiro atoms. The molecule has 0 N–H and O–H groups in total. The lowest BCUT2D eigenvalue weighted by atomic mass is 9.90. The van der Waals surface area contributed by atoms with Crippen molar-refractivity contribution in [1.29, 1.82) is 0 Å². The fraction of sp³-hybridized carbons (Fsp3) is 0.188. The van der Waals surface area contributed by atoms with E-state index in [1.165, 1.54) is 11.3 Å². The number of benzene rings is 1. The molecule has 1 aromatic heterocycles. The van der Waals surface area contributed by atoms with E-state index in [1.54, 1.807) is 0 Å². The largest absolute Gasteiger partial charge is 0.483 e. The number of para-hydroxylation sites is 1. The molecule has 3 rings (SSSR count). The minimum Gasteiger partial charge on any atom is -0.483 e. The highest BCUT2D eigenvalue weighted by atomic mass is 32.1. The third kappa shape index (κ3) is 2.22. The Morgan fingerprint density at radius 2 is 2.00 bits per heavy atom. The lowest BCUT2D eigenvalue weighted by molar-refractivity contribution is 0.104. The highest BCUT2D eigenvalue weighted by molar-refractivity contribution is 7.08. The summed E-state index contributed by atoms with van der Waals surface area (Å²) in [5.74, 6) is 0.832. The Balaban J connectivity index is 2.13.